The third kappa shape index (κ3) is 7.01. The fraction of sp³-hybridized carbons (Fsp3) is 0.625. The van der Waals surface area contributed by atoms with Crippen molar-refractivity contribution in [2.45, 2.75) is 52.9 Å². The summed E-state index contributed by atoms with van der Waals surface area (Å²) in [5, 5.41) is 1.20. The topological polar surface area (TPSA) is 9.23 Å². The van der Waals surface area contributed by atoms with Crippen molar-refractivity contribution >= 4 is 14.5 Å². The molecule has 0 spiro atoms. The lowest BCUT2D eigenvalue weighted by molar-refractivity contribution is 0.304. The first-order valence-electron chi connectivity index (χ1n) is 7.08. The highest BCUT2D eigenvalue weighted by Crippen LogP contribution is 2.14. The third-order valence-electron chi connectivity index (χ3n) is 3.02. The van der Waals surface area contributed by atoms with E-state index in [1.807, 2.05) is 0 Å². The summed E-state index contributed by atoms with van der Waals surface area (Å²) in [7, 11) is 2.73. The predicted octanol–water partition coefficient (Wildman–Crippen LogP) is 4.48. The van der Waals surface area contributed by atoms with E-state index < -0.39 is 0 Å². The van der Waals surface area contributed by atoms with Gasteiger partial charge in [-0.05, 0) is 42.3 Å². The molecule has 0 amide bonds. The molecule has 1 atom stereocenters. The largest absolute Gasteiger partial charge is 0.494 e. The molecule has 18 heavy (non-hydrogen) atoms. The lowest BCUT2D eigenvalue weighted by atomic mass is 10.0. The van der Waals surface area contributed by atoms with Crippen molar-refractivity contribution in [2.75, 3.05) is 6.61 Å². The molecule has 0 aliphatic rings. The van der Waals surface area contributed by atoms with Crippen molar-refractivity contribution < 1.29 is 4.74 Å². The molecular weight excluding hydrogens is 239 g/mol. The fourth-order valence-electron chi connectivity index (χ4n) is 2.06. The van der Waals surface area contributed by atoms with Crippen molar-refractivity contribution in [1.29, 1.82) is 0 Å². The molecule has 0 heterocycles. The summed E-state index contributed by atoms with van der Waals surface area (Å²) in [6.45, 7) is 7.53. The second-order valence-electron chi connectivity index (χ2n) is 5.52. The summed E-state index contributed by atoms with van der Waals surface area (Å²) >= 11 is 0. The summed E-state index contributed by atoms with van der Waals surface area (Å²) in [5.74, 6) is 1.84. The molecule has 0 saturated carbocycles. The normalized spacial score (nSPS) is 10.9. The Balaban J connectivity index is 2.10. The third-order valence-corrected chi connectivity index (χ3v) is 3.35. The first-order valence-corrected chi connectivity index (χ1v) is 7.65. The Kier molecular flexibility index (Phi) is 7.35. The number of unbranched alkanes of at least 4 members (excludes halogenated alkanes) is 3. The molecule has 1 aromatic rings. The average Bonchev–Trinajstić information content (AvgIpc) is 2.26. The number of benzene rings is 1. The molecular formula is C16H27OP. The summed E-state index contributed by atoms with van der Waals surface area (Å²) in [6.07, 6.45) is 6.50. The molecule has 0 fully saturated rings. The van der Waals surface area contributed by atoms with Crippen molar-refractivity contribution in [1.82, 2.24) is 0 Å². The zero-order valence-electron chi connectivity index (χ0n) is 12.0. The summed E-state index contributed by atoms with van der Waals surface area (Å²) in [6, 6.07) is 6.33. The van der Waals surface area contributed by atoms with E-state index in [0.29, 0.717) is 0 Å². The second kappa shape index (κ2) is 8.53. The first kappa shape index (κ1) is 15.5. The van der Waals surface area contributed by atoms with Gasteiger partial charge in [0.1, 0.15) is 5.75 Å². The molecule has 0 N–H and O–H groups in total. The van der Waals surface area contributed by atoms with Crippen LogP contribution < -0.4 is 10.0 Å². The van der Waals surface area contributed by atoms with Crippen molar-refractivity contribution in [3.8, 4) is 5.75 Å². The van der Waals surface area contributed by atoms with Crippen LogP contribution >= 0.6 is 9.24 Å². The van der Waals surface area contributed by atoms with Crippen LogP contribution in [0.15, 0.2) is 18.2 Å². The van der Waals surface area contributed by atoms with Gasteiger partial charge >= 0.3 is 0 Å². The summed E-state index contributed by atoms with van der Waals surface area (Å²) < 4.78 is 5.78. The van der Waals surface area contributed by atoms with E-state index in [1.54, 1.807) is 0 Å². The molecule has 1 rings (SSSR count). The van der Waals surface area contributed by atoms with Crippen LogP contribution in [0.3, 0.4) is 0 Å². The molecule has 0 bridgehead atoms. The van der Waals surface area contributed by atoms with Crippen molar-refractivity contribution in [3.05, 3.63) is 23.8 Å². The van der Waals surface area contributed by atoms with Gasteiger partial charge in [0.05, 0.1) is 6.61 Å². The molecule has 0 aliphatic carbocycles. The maximum absolute atomic E-state index is 5.78. The van der Waals surface area contributed by atoms with Gasteiger partial charge in [0.15, 0.2) is 0 Å². The van der Waals surface area contributed by atoms with Crippen LogP contribution in [-0.4, -0.2) is 6.61 Å². The molecule has 0 radical (unpaired) electrons. The minimum absolute atomic E-state index is 0.842. The Bertz CT molecular complexity index is 327. The van der Waals surface area contributed by atoms with Gasteiger partial charge in [0.2, 0.25) is 0 Å². The molecule has 0 aromatic heterocycles. The van der Waals surface area contributed by atoms with Crippen molar-refractivity contribution in [2.24, 2.45) is 5.92 Å². The van der Waals surface area contributed by atoms with E-state index in [2.05, 4.69) is 48.2 Å². The Morgan fingerprint density at radius 1 is 1.06 bits per heavy atom. The standard InChI is InChI=1S/C16H27OP/c1-13(2)8-6-4-5-7-9-17-15-10-14(3)11-16(18)12-15/h10-13H,4-9,18H2,1-3H3. The summed E-state index contributed by atoms with van der Waals surface area (Å²) in [4.78, 5) is 0. The van der Waals surface area contributed by atoms with Gasteiger partial charge in [-0.3, -0.25) is 0 Å². The maximum Gasteiger partial charge on any atom is 0.120 e. The van der Waals surface area contributed by atoms with Crippen LogP contribution in [0.4, 0.5) is 0 Å². The minimum atomic E-state index is 0.842. The van der Waals surface area contributed by atoms with Crippen molar-refractivity contribution in [3.63, 3.8) is 0 Å². The smallest absolute Gasteiger partial charge is 0.120 e. The van der Waals surface area contributed by atoms with E-state index in [4.69, 9.17) is 4.74 Å². The molecule has 1 unspecified atom stereocenters. The maximum atomic E-state index is 5.78. The van der Waals surface area contributed by atoms with E-state index in [-0.39, 0.29) is 0 Å². The highest BCUT2D eigenvalue weighted by molar-refractivity contribution is 7.27. The van der Waals surface area contributed by atoms with Crippen LogP contribution in [-0.2, 0) is 0 Å². The zero-order chi connectivity index (χ0) is 13.4. The van der Waals surface area contributed by atoms with Gasteiger partial charge in [-0.2, -0.15) is 0 Å². The number of aryl methyl sites for hydroxylation is 1. The Hall–Kier alpha value is -0.550. The van der Waals surface area contributed by atoms with Gasteiger partial charge in [0.25, 0.3) is 0 Å². The lowest BCUT2D eigenvalue weighted by Crippen LogP contribution is -2.00. The minimum Gasteiger partial charge on any atom is -0.494 e. The molecule has 1 nitrogen and oxygen atoms in total. The summed E-state index contributed by atoms with van der Waals surface area (Å²) in [5.41, 5.74) is 1.26. The molecule has 1 aromatic carbocycles. The predicted molar refractivity (Wildman–Crippen MR) is 83.9 cm³/mol. The number of ether oxygens (including phenoxy) is 1. The Labute approximate surface area is 115 Å². The van der Waals surface area contributed by atoms with Crippen LogP contribution in [0.1, 0.15) is 51.5 Å². The fourth-order valence-corrected chi connectivity index (χ4v) is 2.49. The van der Waals surface area contributed by atoms with E-state index in [0.717, 1.165) is 24.7 Å². The van der Waals surface area contributed by atoms with Gasteiger partial charge < -0.3 is 4.74 Å². The number of hydrogen-bond donors (Lipinski definition) is 0. The molecule has 102 valence electrons. The zero-order valence-corrected chi connectivity index (χ0v) is 13.2. The van der Waals surface area contributed by atoms with Gasteiger partial charge in [-0.15, -0.1) is 9.24 Å². The van der Waals surface area contributed by atoms with Crippen LogP contribution in [0.5, 0.6) is 5.75 Å². The molecule has 0 saturated heterocycles. The van der Waals surface area contributed by atoms with Crippen LogP contribution in [0, 0.1) is 12.8 Å². The SMILES string of the molecule is Cc1cc(P)cc(OCCCCCCC(C)C)c1. The van der Waals surface area contributed by atoms with E-state index in [1.165, 1.54) is 36.6 Å². The number of rotatable bonds is 8. The van der Waals surface area contributed by atoms with Gasteiger partial charge in [-0.25, -0.2) is 0 Å². The second-order valence-corrected chi connectivity index (χ2v) is 6.19. The highest BCUT2D eigenvalue weighted by Gasteiger charge is 1.98. The number of hydrogen-bond acceptors (Lipinski definition) is 1. The van der Waals surface area contributed by atoms with E-state index >= 15 is 0 Å². The monoisotopic (exact) mass is 266 g/mol. The Morgan fingerprint density at radius 2 is 1.78 bits per heavy atom. The molecule has 2 heteroatoms. The Morgan fingerprint density at radius 3 is 2.44 bits per heavy atom. The van der Waals surface area contributed by atoms with Gasteiger partial charge in [0, 0.05) is 0 Å². The van der Waals surface area contributed by atoms with E-state index in [9.17, 15) is 0 Å². The highest BCUT2D eigenvalue weighted by atomic mass is 31.0. The molecule has 0 aliphatic heterocycles. The van der Waals surface area contributed by atoms with Crippen LogP contribution in [0.25, 0.3) is 0 Å². The van der Waals surface area contributed by atoms with Gasteiger partial charge in [-0.1, -0.05) is 45.6 Å². The quantitative estimate of drug-likeness (QED) is 0.498. The first-order chi connectivity index (χ1) is 8.58. The van der Waals surface area contributed by atoms with Crippen LogP contribution in [0.2, 0.25) is 0 Å². The average molecular weight is 266 g/mol. The lowest BCUT2D eigenvalue weighted by Gasteiger charge is -2.08.